The van der Waals surface area contributed by atoms with Crippen LogP contribution in [0.4, 0.5) is 0 Å². The fourth-order valence-electron chi connectivity index (χ4n) is 2.29. The number of hydrogen-bond acceptors (Lipinski definition) is 0. The molecule has 0 atom stereocenters. The zero-order valence-corrected chi connectivity index (χ0v) is 22.1. The van der Waals surface area contributed by atoms with Crippen molar-refractivity contribution < 1.29 is 25.8 Å². The van der Waals surface area contributed by atoms with Gasteiger partial charge in [0.2, 0.25) is 0 Å². The van der Waals surface area contributed by atoms with Crippen LogP contribution in [0.25, 0.3) is 0 Å². The molecule has 0 aliphatic rings. The third-order valence-corrected chi connectivity index (χ3v) is 5.87. The fraction of sp³-hybridized carbons (Fsp3) is 0.400. The zero-order valence-electron chi connectivity index (χ0n) is 16.5. The summed E-state index contributed by atoms with van der Waals surface area (Å²) in [5, 5.41) is 0. The molecular formula is C20H36HfSi2. The minimum absolute atomic E-state index is 0. The smallest absolute Gasteiger partial charge is 0.358 e. The molecular weight excluding hydrogens is 475 g/mol. The maximum absolute atomic E-state index is 2.40. The van der Waals surface area contributed by atoms with E-state index in [1.807, 2.05) is 0 Å². The minimum atomic E-state index is -0.862. The van der Waals surface area contributed by atoms with Gasteiger partial charge >= 0.3 is 25.8 Å². The predicted octanol–water partition coefficient (Wildman–Crippen LogP) is 6.55. The molecule has 0 unspecified atom stereocenters. The van der Waals surface area contributed by atoms with Crippen molar-refractivity contribution in [3.05, 3.63) is 74.5 Å². The Hall–Kier alpha value is 0.00390. The van der Waals surface area contributed by atoms with Crippen LogP contribution in [0, 0.1) is 14.9 Å². The van der Waals surface area contributed by atoms with Gasteiger partial charge in [-0.2, -0.15) is 35.4 Å². The molecule has 0 saturated heterocycles. The summed E-state index contributed by atoms with van der Waals surface area (Å²) >= 11 is 0. The van der Waals surface area contributed by atoms with E-state index in [1.54, 1.807) is 0 Å². The average molecular weight is 511 g/mol. The van der Waals surface area contributed by atoms with E-state index in [2.05, 4.69) is 87.8 Å². The van der Waals surface area contributed by atoms with Crippen LogP contribution in [-0.2, 0) is 37.9 Å². The topological polar surface area (TPSA) is 0 Å². The number of rotatable bonds is 4. The van der Waals surface area contributed by atoms with Gasteiger partial charge in [0.15, 0.2) is 0 Å². The average Bonchev–Trinajstić information content (AvgIpc) is 2.87. The van der Waals surface area contributed by atoms with Gasteiger partial charge in [-0.25, -0.2) is 24.3 Å². The Bertz CT molecular complexity index is 410. The Morgan fingerprint density at radius 2 is 0.783 bits per heavy atom. The van der Waals surface area contributed by atoms with E-state index >= 15 is 0 Å². The van der Waals surface area contributed by atoms with Gasteiger partial charge in [0, 0.05) is 16.1 Å². The zero-order chi connectivity index (χ0) is 15.2. The van der Waals surface area contributed by atoms with E-state index in [0.29, 0.717) is 0 Å². The summed E-state index contributed by atoms with van der Waals surface area (Å²) in [6.07, 6.45) is 0. The van der Waals surface area contributed by atoms with Crippen molar-refractivity contribution in [3.63, 3.8) is 0 Å². The standard InChI is InChI=1S/2C9H15Si.2CH3.Hf/c2*1-10(2,3)8-9-6-4-5-7-9;;;/h2*4-7H,8H2,1-3H3;2*1H3;/q4*-1;+4. The molecule has 0 aromatic heterocycles. The van der Waals surface area contributed by atoms with Crippen LogP contribution >= 0.6 is 0 Å². The molecule has 0 aliphatic heterocycles. The normalized spacial score (nSPS) is 10.3. The van der Waals surface area contributed by atoms with Crippen LogP contribution in [0.3, 0.4) is 0 Å². The van der Waals surface area contributed by atoms with E-state index in [4.69, 9.17) is 0 Å². The molecule has 0 radical (unpaired) electrons. The first-order valence-electron chi connectivity index (χ1n) is 7.57. The largest absolute Gasteiger partial charge is 4.00 e. The second-order valence-corrected chi connectivity index (χ2v) is 19.0. The predicted molar refractivity (Wildman–Crippen MR) is 111 cm³/mol. The van der Waals surface area contributed by atoms with Crippen LogP contribution in [0.2, 0.25) is 39.3 Å². The van der Waals surface area contributed by atoms with Gasteiger partial charge in [0.05, 0.1) is 0 Å². The quantitative estimate of drug-likeness (QED) is 0.323. The molecule has 0 aliphatic carbocycles. The molecule has 2 aromatic rings. The van der Waals surface area contributed by atoms with Crippen LogP contribution < -0.4 is 0 Å². The molecule has 0 nitrogen and oxygen atoms in total. The van der Waals surface area contributed by atoms with Crippen LogP contribution in [0.5, 0.6) is 0 Å². The molecule has 2 aromatic carbocycles. The minimum Gasteiger partial charge on any atom is -0.358 e. The Morgan fingerprint density at radius 3 is 0.957 bits per heavy atom. The molecule has 2 rings (SSSR count). The van der Waals surface area contributed by atoms with Crippen molar-refractivity contribution >= 4 is 16.1 Å². The van der Waals surface area contributed by atoms with Gasteiger partial charge in [-0.3, -0.25) is 0 Å². The van der Waals surface area contributed by atoms with Crippen molar-refractivity contribution in [3.8, 4) is 0 Å². The maximum atomic E-state index is 2.40. The molecule has 0 amide bonds. The summed E-state index contributed by atoms with van der Waals surface area (Å²) in [4.78, 5) is 0. The summed E-state index contributed by atoms with van der Waals surface area (Å²) in [7, 11) is -1.72. The molecule has 0 N–H and O–H groups in total. The van der Waals surface area contributed by atoms with Crippen LogP contribution in [0.15, 0.2) is 48.5 Å². The third-order valence-electron chi connectivity index (χ3n) is 2.93. The van der Waals surface area contributed by atoms with Gasteiger partial charge in [-0.1, -0.05) is 51.4 Å². The molecule has 0 saturated carbocycles. The molecule has 0 spiro atoms. The molecule has 3 heteroatoms. The first kappa shape index (κ1) is 27.8. The summed E-state index contributed by atoms with van der Waals surface area (Å²) in [5.41, 5.74) is 3.03. The summed E-state index contributed by atoms with van der Waals surface area (Å²) < 4.78 is 0. The van der Waals surface area contributed by atoms with Gasteiger partial charge in [0.25, 0.3) is 0 Å². The van der Waals surface area contributed by atoms with Crippen molar-refractivity contribution in [2.24, 2.45) is 0 Å². The summed E-state index contributed by atoms with van der Waals surface area (Å²) in [6.45, 7) is 14.4. The Kier molecular flexibility index (Phi) is 15.0. The molecule has 128 valence electrons. The second kappa shape index (κ2) is 12.4. The fourth-order valence-corrected chi connectivity index (χ4v) is 5.21. The van der Waals surface area contributed by atoms with E-state index in [-0.39, 0.29) is 40.7 Å². The van der Waals surface area contributed by atoms with Crippen molar-refractivity contribution in [1.29, 1.82) is 0 Å². The molecule has 0 bridgehead atoms. The van der Waals surface area contributed by atoms with Gasteiger partial charge < -0.3 is 14.9 Å². The van der Waals surface area contributed by atoms with Crippen molar-refractivity contribution in [2.45, 2.75) is 51.4 Å². The molecule has 0 heterocycles. The van der Waals surface area contributed by atoms with Crippen LogP contribution in [0.1, 0.15) is 11.1 Å². The van der Waals surface area contributed by atoms with Gasteiger partial charge in [-0.05, 0) is 0 Å². The maximum Gasteiger partial charge on any atom is 4.00 e. The Morgan fingerprint density at radius 1 is 0.565 bits per heavy atom. The third kappa shape index (κ3) is 15.3. The van der Waals surface area contributed by atoms with E-state index in [9.17, 15) is 0 Å². The Balaban J connectivity index is -0.000000308. The van der Waals surface area contributed by atoms with Gasteiger partial charge in [0.1, 0.15) is 0 Å². The van der Waals surface area contributed by atoms with E-state index < -0.39 is 16.1 Å². The van der Waals surface area contributed by atoms with Crippen molar-refractivity contribution in [1.82, 2.24) is 0 Å². The second-order valence-electron chi connectivity index (χ2n) is 8.06. The molecule has 23 heavy (non-hydrogen) atoms. The first-order chi connectivity index (χ1) is 9.16. The summed E-state index contributed by atoms with van der Waals surface area (Å²) in [5.74, 6) is 0. The van der Waals surface area contributed by atoms with E-state index in [0.717, 1.165) is 0 Å². The SMILES string of the molecule is C[Si](C)(C)C[c-]1cccc1.C[Si](C)(C)C[c-]1cccc1.[CH3-].[CH3-].[Hf+4]. The van der Waals surface area contributed by atoms with Crippen LogP contribution in [-0.4, -0.2) is 16.1 Å². The summed E-state index contributed by atoms with van der Waals surface area (Å²) in [6, 6.07) is 20.0. The molecule has 0 fully saturated rings. The number of hydrogen-bond donors (Lipinski definition) is 0. The van der Waals surface area contributed by atoms with E-state index in [1.165, 1.54) is 23.2 Å². The monoisotopic (exact) mass is 512 g/mol. The first-order valence-corrected chi connectivity index (χ1v) is 15.0. The Labute approximate surface area is 167 Å². The van der Waals surface area contributed by atoms with Gasteiger partial charge in [-0.15, -0.1) is 0 Å². The van der Waals surface area contributed by atoms with Crippen molar-refractivity contribution in [2.75, 3.05) is 0 Å².